The maximum atomic E-state index is 12.5. The number of aliphatic hydroxyl groups is 1. The highest BCUT2D eigenvalue weighted by Crippen LogP contribution is 2.30. The number of hydrogen-bond acceptors (Lipinski definition) is 2. The maximum absolute atomic E-state index is 12.5. The van der Waals surface area contributed by atoms with Gasteiger partial charge in [0.25, 0.3) is 0 Å². The highest BCUT2D eigenvalue weighted by molar-refractivity contribution is 5.85. The number of aliphatic hydroxyl groups excluding tert-OH is 1. The third-order valence-corrected chi connectivity index (χ3v) is 2.76. The second-order valence-electron chi connectivity index (χ2n) is 5.61. The van der Waals surface area contributed by atoms with Crippen molar-refractivity contribution in [3.05, 3.63) is 35.4 Å². The lowest BCUT2D eigenvalue weighted by Gasteiger charge is -2.24. The van der Waals surface area contributed by atoms with E-state index in [1.807, 2.05) is 0 Å². The molecule has 1 unspecified atom stereocenters. The second-order valence-corrected chi connectivity index (χ2v) is 5.61. The van der Waals surface area contributed by atoms with Gasteiger partial charge in [-0.15, -0.1) is 0 Å². The van der Waals surface area contributed by atoms with Gasteiger partial charge in [0.05, 0.1) is 5.56 Å². The number of carbonyl (C=O) groups is 1. The lowest BCUT2D eigenvalue weighted by atomic mass is 9.85. The molecule has 0 spiro atoms. The Bertz CT molecular complexity index is 458. The van der Waals surface area contributed by atoms with Crippen molar-refractivity contribution in [3.8, 4) is 0 Å². The smallest absolute Gasteiger partial charge is 0.385 e. The molecule has 0 aliphatic heterocycles. The van der Waals surface area contributed by atoms with Crippen LogP contribution >= 0.6 is 0 Å². The lowest BCUT2D eigenvalue weighted by molar-refractivity contribution is -0.138. The average Bonchev–Trinajstić information content (AvgIpc) is 2.26. The minimum absolute atomic E-state index is 0.206. The van der Waals surface area contributed by atoms with Crippen molar-refractivity contribution in [2.75, 3.05) is 0 Å². The Morgan fingerprint density at radius 1 is 1.26 bits per heavy atom. The molecule has 19 heavy (non-hydrogen) atoms. The van der Waals surface area contributed by atoms with Crippen LogP contribution in [-0.4, -0.2) is 17.0 Å². The molecule has 0 aromatic heterocycles. The summed E-state index contributed by atoms with van der Waals surface area (Å²) in [5.74, 6) is -0.480. The standard InChI is InChI=1S/C14H17F3O2/c1-13(2,3)12(19)11(18)8-9-5-4-6-10(7-9)14(15,16)17/h4-7,12,19H,8H2,1-3H3. The minimum atomic E-state index is -4.43. The number of rotatable bonds is 3. The first-order valence-corrected chi connectivity index (χ1v) is 5.89. The van der Waals surface area contributed by atoms with Crippen LogP contribution in [0.1, 0.15) is 31.9 Å². The fourth-order valence-electron chi connectivity index (χ4n) is 1.64. The van der Waals surface area contributed by atoms with Crippen molar-refractivity contribution in [1.82, 2.24) is 0 Å². The van der Waals surface area contributed by atoms with E-state index in [1.165, 1.54) is 12.1 Å². The van der Waals surface area contributed by atoms with Crippen molar-refractivity contribution in [2.24, 2.45) is 5.41 Å². The molecule has 1 aromatic carbocycles. The van der Waals surface area contributed by atoms with Gasteiger partial charge in [-0.25, -0.2) is 0 Å². The van der Waals surface area contributed by atoms with E-state index >= 15 is 0 Å². The van der Waals surface area contributed by atoms with E-state index in [-0.39, 0.29) is 12.0 Å². The van der Waals surface area contributed by atoms with E-state index in [9.17, 15) is 23.1 Å². The molecule has 0 radical (unpaired) electrons. The number of Topliss-reactive ketones (excluding diaryl/α,β-unsaturated/α-hetero) is 1. The van der Waals surface area contributed by atoms with Gasteiger partial charge in [0.15, 0.2) is 5.78 Å². The molecule has 106 valence electrons. The van der Waals surface area contributed by atoms with Gasteiger partial charge < -0.3 is 5.11 Å². The summed E-state index contributed by atoms with van der Waals surface area (Å²) in [4.78, 5) is 11.8. The van der Waals surface area contributed by atoms with Crippen LogP contribution in [0.15, 0.2) is 24.3 Å². The van der Waals surface area contributed by atoms with Crippen LogP contribution in [0.2, 0.25) is 0 Å². The molecule has 5 heteroatoms. The highest BCUT2D eigenvalue weighted by atomic mass is 19.4. The van der Waals surface area contributed by atoms with Crippen molar-refractivity contribution >= 4 is 5.78 Å². The van der Waals surface area contributed by atoms with Crippen LogP contribution < -0.4 is 0 Å². The number of benzene rings is 1. The Morgan fingerprint density at radius 2 is 1.84 bits per heavy atom. The van der Waals surface area contributed by atoms with Gasteiger partial charge in [0.1, 0.15) is 6.10 Å². The summed E-state index contributed by atoms with van der Waals surface area (Å²) in [6.07, 6.45) is -5.83. The Labute approximate surface area is 110 Å². The van der Waals surface area contributed by atoms with E-state index in [0.29, 0.717) is 0 Å². The van der Waals surface area contributed by atoms with Crippen molar-refractivity contribution in [2.45, 2.75) is 39.5 Å². The SMILES string of the molecule is CC(C)(C)C(O)C(=O)Cc1cccc(C(F)(F)F)c1. The summed E-state index contributed by atoms with van der Waals surface area (Å²) >= 11 is 0. The third kappa shape index (κ3) is 4.35. The number of carbonyl (C=O) groups excluding carboxylic acids is 1. The molecule has 0 aliphatic rings. The topological polar surface area (TPSA) is 37.3 Å². The molecule has 0 amide bonds. The zero-order valence-electron chi connectivity index (χ0n) is 11.1. The van der Waals surface area contributed by atoms with Gasteiger partial charge >= 0.3 is 6.18 Å². The van der Waals surface area contributed by atoms with E-state index < -0.39 is 29.0 Å². The van der Waals surface area contributed by atoms with Gasteiger partial charge in [-0.1, -0.05) is 39.0 Å². The molecule has 1 aromatic rings. The number of halogens is 3. The van der Waals surface area contributed by atoms with E-state index in [2.05, 4.69) is 0 Å². The molecule has 1 N–H and O–H groups in total. The zero-order valence-corrected chi connectivity index (χ0v) is 11.1. The fourth-order valence-corrected chi connectivity index (χ4v) is 1.64. The van der Waals surface area contributed by atoms with Gasteiger partial charge in [-0.3, -0.25) is 4.79 Å². The number of alkyl halides is 3. The van der Waals surface area contributed by atoms with Gasteiger partial charge in [-0.2, -0.15) is 13.2 Å². The van der Waals surface area contributed by atoms with Crippen molar-refractivity contribution < 1.29 is 23.1 Å². The molecular formula is C14H17F3O2. The monoisotopic (exact) mass is 274 g/mol. The first kappa shape index (κ1) is 15.7. The maximum Gasteiger partial charge on any atom is 0.416 e. The summed E-state index contributed by atoms with van der Waals surface area (Å²) < 4.78 is 37.6. The van der Waals surface area contributed by atoms with Crippen molar-refractivity contribution in [3.63, 3.8) is 0 Å². The molecular weight excluding hydrogens is 257 g/mol. The normalized spacial score (nSPS) is 14.3. The first-order chi connectivity index (χ1) is 8.51. The highest BCUT2D eigenvalue weighted by Gasteiger charge is 2.32. The molecule has 0 fully saturated rings. The first-order valence-electron chi connectivity index (χ1n) is 5.89. The molecule has 1 atom stereocenters. The minimum Gasteiger partial charge on any atom is -0.385 e. The summed E-state index contributed by atoms with van der Waals surface area (Å²) in [5, 5.41) is 9.77. The van der Waals surface area contributed by atoms with Crippen LogP contribution in [0.25, 0.3) is 0 Å². The molecule has 0 aliphatic carbocycles. The Morgan fingerprint density at radius 3 is 2.32 bits per heavy atom. The largest absolute Gasteiger partial charge is 0.416 e. The van der Waals surface area contributed by atoms with Crippen LogP contribution in [0.3, 0.4) is 0 Å². The summed E-state index contributed by atoms with van der Waals surface area (Å²) in [5.41, 5.74) is -1.16. The Kier molecular flexibility index (Phi) is 4.40. The summed E-state index contributed by atoms with van der Waals surface area (Å²) in [6.45, 7) is 5.09. The summed E-state index contributed by atoms with van der Waals surface area (Å²) in [7, 11) is 0. The zero-order chi connectivity index (χ0) is 14.8. The lowest BCUT2D eigenvalue weighted by Crippen LogP contribution is -2.35. The van der Waals surface area contributed by atoms with Crippen LogP contribution in [-0.2, 0) is 17.4 Å². The molecule has 2 nitrogen and oxygen atoms in total. The number of hydrogen-bond donors (Lipinski definition) is 1. The van der Waals surface area contributed by atoms with Crippen LogP contribution in [0, 0.1) is 5.41 Å². The van der Waals surface area contributed by atoms with Gasteiger partial charge in [0, 0.05) is 6.42 Å². The van der Waals surface area contributed by atoms with Crippen LogP contribution in [0.4, 0.5) is 13.2 Å². The van der Waals surface area contributed by atoms with E-state index in [1.54, 1.807) is 20.8 Å². The Balaban J connectivity index is 2.87. The van der Waals surface area contributed by atoms with Gasteiger partial charge in [0.2, 0.25) is 0 Å². The van der Waals surface area contributed by atoms with E-state index in [0.717, 1.165) is 12.1 Å². The Hall–Kier alpha value is -1.36. The number of ketones is 1. The molecule has 0 saturated carbocycles. The van der Waals surface area contributed by atoms with Gasteiger partial charge in [-0.05, 0) is 17.0 Å². The second kappa shape index (κ2) is 5.33. The molecule has 0 saturated heterocycles. The molecule has 0 heterocycles. The summed E-state index contributed by atoms with van der Waals surface area (Å²) in [6, 6.07) is 4.60. The van der Waals surface area contributed by atoms with E-state index in [4.69, 9.17) is 0 Å². The fraction of sp³-hybridized carbons (Fsp3) is 0.500. The van der Waals surface area contributed by atoms with Crippen LogP contribution in [0.5, 0.6) is 0 Å². The third-order valence-electron chi connectivity index (χ3n) is 2.76. The molecule has 0 bridgehead atoms. The predicted octanol–water partition coefficient (Wildman–Crippen LogP) is 3.22. The molecule has 1 rings (SSSR count). The predicted molar refractivity (Wildman–Crippen MR) is 65.6 cm³/mol. The van der Waals surface area contributed by atoms with Crippen molar-refractivity contribution in [1.29, 1.82) is 0 Å². The average molecular weight is 274 g/mol. The quantitative estimate of drug-likeness (QED) is 0.918.